The van der Waals surface area contributed by atoms with Gasteiger partial charge in [0.05, 0.1) is 18.2 Å². The van der Waals surface area contributed by atoms with Crippen LogP contribution < -0.4 is 0 Å². The van der Waals surface area contributed by atoms with Gasteiger partial charge in [-0.1, -0.05) is 30.3 Å². The lowest BCUT2D eigenvalue weighted by atomic mass is 9.94. The van der Waals surface area contributed by atoms with E-state index < -0.39 is 0 Å². The fourth-order valence-electron chi connectivity index (χ4n) is 2.76. The average Bonchev–Trinajstić information content (AvgIpc) is 2.80. The number of carbonyl (C=O) groups excluding carboxylic acids is 1. The molecule has 1 aliphatic heterocycles. The van der Waals surface area contributed by atoms with Crippen LogP contribution in [0.4, 0.5) is 0 Å². The third kappa shape index (κ3) is 2.56. The maximum Gasteiger partial charge on any atom is 0.257 e. The Morgan fingerprint density at radius 1 is 1.38 bits per heavy atom. The van der Waals surface area contributed by atoms with E-state index in [4.69, 9.17) is 4.74 Å². The number of amides is 1. The van der Waals surface area contributed by atoms with Crippen molar-refractivity contribution in [2.75, 3.05) is 13.7 Å². The summed E-state index contributed by atoms with van der Waals surface area (Å²) in [4.78, 5) is 14.6. The Morgan fingerprint density at radius 2 is 2.14 bits per heavy atom. The highest BCUT2D eigenvalue weighted by Gasteiger charge is 2.35. The molecule has 1 unspecified atom stereocenters. The van der Waals surface area contributed by atoms with E-state index in [2.05, 4.69) is 17.2 Å². The first-order valence-corrected chi connectivity index (χ1v) is 7.08. The van der Waals surface area contributed by atoms with Crippen molar-refractivity contribution >= 4 is 5.91 Å². The molecule has 1 aromatic heterocycles. The van der Waals surface area contributed by atoms with E-state index in [-0.39, 0.29) is 11.9 Å². The zero-order valence-corrected chi connectivity index (χ0v) is 12.3. The first-order chi connectivity index (χ1) is 10.2. The quantitative estimate of drug-likeness (QED) is 0.865. The van der Waals surface area contributed by atoms with Gasteiger partial charge in [0.2, 0.25) is 0 Å². The van der Waals surface area contributed by atoms with E-state index in [0.29, 0.717) is 17.9 Å². The molecule has 1 saturated heterocycles. The summed E-state index contributed by atoms with van der Waals surface area (Å²) in [5.41, 5.74) is 2.53. The van der Waals surface area contributed by atoms with E-state index in [1.165, 1.54) is 5.56 Å². The minimum atomic E-state index is 0.0373. The minimum absolute atomic E-state index is 0.0373. The van der Waals surface area contributed by atoms with Crippen LogP contribution >= 0.6 is 0 Å². The fraction of sp³-hybridized carbons (Fsp3) is 0.375. The second kappa shape index (κ2) is 5.69. The van der Waals surface area contributed by atoms with Crippen LogP contribution in [0.2, 0.25) is 0 Å². The number of aryl methyl sites for hydroxylation is 1. The first kappa shape index (κ1) is 13.8. The Bertz CT molecular complexity index is 636. The maximum atomic E-state index is 12.7. The van der Waals surface area contributed by atoms with Crippen LogP contribution in [0, 0.1) is 0 Å². The molecule has 0 radical (unpaired) electrons. The van der Waals surface area contributed by atoms with Gasteiger partial charge >= 0.3 is 0 Å². The molecular formula is C16H19N3O2. The predicted molar refractivity (Wildman–Crippen MR) is 78.8 cm³/mol. The highest BCUT2D eigenvalue weighted by Crippen LogP contribution is 2.34. The van der Waals surface area contributed by atoms with E-state index in [0.717, 1.165) is 13.0 Å². The van der Waals surface area contributed by atoms with Crippen molar-refractivity contribution in [3.05, 3.63) is 53.3 Å². The Morgan fingerprint density at radius 3 is 2.76 bits per heavy atom. The summed E-state index contributed by atoms with van der Waals surface area (Å²) in [6, 6.07) is 10.3. The van der Waals surface area contributed by atoms with Crippen molar-refractivity contribution in [1.29, 1.82) is 0 Å². The van der Waals surface area contributed by atoms with Crippen molar-refractivity contribution in [3.8, 4) is 0 Å². The molecule has 0 bridgehead atoms. The number of hydrogen-bond donors (Lipinski definition) is 0. The van der Waals surface area contributed by atoms with E-state index >= 15 is 0 Å². The van der Waals surface area contributed by atoms with Gasteiger partial charge < -0.3 is 9.64 Å². The van der Waals surface area contributed by atoms with Crippen LogP contribution in [-0.2, 0) is 18.4 Å². The molecule has 0 N–H and O–H groups in total. The Labute approximate surface area is 124 Å². The van der Waals surface area contributed by atoms with Gasteiger partial charge in [-0.25, -0.2) is 0 Å². The minimum Gasteiger partial charge on any atom is -0.378 e. The van der Waals surface area contributed by atoms with Crippen molar-refractivity contribution < 1.29 is 9.53 Å². The zero-order valence-electron chi connectivity index (χ0n) is 12.3. The molecule has 5 nitrogen and oxygen atoms in total. The molecule has 2 heterocycles. The summed E-state index contributed by atoms with van der Waals surface area (Å²) in [6.45, 7) is 1.14. The number of likely N-dealkylation sites (tertiary alicyclic amines) is 1. The van der Waals surface area contributed by atoms with Crippen molar-refractivity contribution in [1.82, 2.24) is 14.7 Å². The molecule has 21 heavy (non-hydrogen) atoms. The van der Waals surface area contributed by atoms with Gasteiger partial charge in [-0.05, 0) is 12.0 Å². The van der Waals surface area contributed by atoms with Crippen LogP contribution in [0.25, 0.3) is 0 Å². The number of ether oxygens (including phenoxy) is 1. The van der Waals surface area contributed by atoms with E-state index in [1.807, 2.05) is 30.1 Å². The van der Waals surface area contributed by atoms with Crippen LogP contribution in [0.5, 0.6) is 0 Å². The number of nitrogens with zero attached hydrogens (tertiary/aromatic N) is 3. The molecule has 1 aliphatic rings. The number of carbonyl (C=O) groups is 1. The molecule has 1 amide bonds. The highest BCUT2D eigenvalue weighted by atomic mass is 16.5. The Balaban J connectivity index is 1.83. The monoisotopic (exact) mass is 285 g/mol. The number of methoxy groups -OCH3 is 1. The smallest absolute Gasteiger partial charge is 0.257 e. The lowest BCUT2D eigenvalue weighted by Crippen LogP contribution is -2.45. The molecule has 5 heteroatoms. The molecule has 0 spiro atoms. The zero-order chi connectivity index (χ0) is 14.8. The summed E-state index contributed by atoms with van der Waals surface area (Å²) >= 11 is 0. The highest BCUT2D eigenvalue weighted by molar-refractivity contribution is 5.95. The molecule has 1 atom stereocenters. The molecular weight excluding hydrogens is 266 g/mol. The van der Waals surface area contributed by atoms with E-state index in [1.54, 1.807) is 18.0 Å². The SMILES string of the molecule is COCc1nn(C)cc1C(=O)N1CCC1c1ccccc1. The summed E-state index contributed by atoms with van der Waals surface area (Å²) in [6.07, 6.45) is 2.78. The van der Waals surface area contributed by atoms with Gasteiger partial charge in [0.15, 0.2) is 0 Å². The molecule has 2 aromatic rings. The Hall–Kier alpha value is -2.14. The molecule has 1 fully saturated rings. The number of rotatable bonds is 4. The third-order valence-electron chi connectivity index (χ3n) is 3.88. The number of aromatic nitrogens is 2. The first-order valence-electron chi connectivity index (χ1n) is 7.08. The normalized spacial score (nSPS) is 17.6. The predicted octanol–water partition coefficient (Wildman–Crippen LogP) is 2.15. The van der Waals surface area contributed by atoms with Gasteiger partial charge in [-0.2, -0.15) is 5.10 Å². The summed E-state index contributed by atoms with van der Waals surface area (Å²) in [5, 5.41) is 4.30. The van der Waals surface area contributed by atoms with Crippen LogP contribution in [0.1, 0.15) is 34.1 Å². The molecule has 110 valence electrons. The second-order valence-corrected chi connectivity index (χ2v) is 5.31. The topological polar surface area (TPSA) is 47.4 Å². The molecule has 0 aliphatic carbocycles. The van der Waals surface area contributed by atoms with Gasteiger partial charge in [0, 0.05) is 26.9 Å². The van der Waals surface area contributed by atoms with Gasteiger partial charge in [-0.3, -0.25) is 9.48 Å². The number of hydrogen-bond acceptors (Lipinski definition) is 3. The third-order valence-corrected chi connectivity index (χ3v) is 3.88. The van der Waals surface area contributed by atoms with Gasteiger partial charge in [0.25, 0.3) is 5.91 Å². The number of benzene rings is 1. The fourth-order valence-corrected chi connectivity index (χ4v) is 2.76. The standard InChI is InChI=1S/C16H19N3O2/c1-18-10-13(14(17-18)11-21-2)16(20)19-9-8-15(19)12-6-4-3-5-7-12/h3-7,10,15H,8-9,11H2,1-2H3. The van der Waals surface area contributed by atoms with Crippen molar-refractivity contribution in [3.63, 3.8) is 0 Å². The molecule has 0 saturated carbocycles. The molecule has 3 rings (SSSR count). The van der Waals surface area contributed by atoms with Crippen molar-refractivity contribution in [2.45, 2.75) is 19.1 Å². The average molecular weight is 285 g/mol. The Kier molecular flexibility index (Phi) is 3.75. The summed E-state index contributed by atoms with van der Waals surface area (Å²) < 4.78 is 6.79. The summed E-state index contributed by atoms with van der Waals surface area (Å²) in [5.74, 6) is 0.0373. The maximum absolute atomic E-state index is 12.7. The second-order valence-electron chi connectivity index (χ2n) is 5.31. The van der Waals surface area contributed by atoms with Crippen LogP contribution in [0.15, 0.2) is 36.5 Å². The van der Waals surface area contributed by atoms with Crippen LogP contribution in [-0.4, -0.2) is 34.2 Å². The van der Waals surface area contributed by atoms with Gasteiger partial charge in [0.1, 0.15) is 5.69 Å². The van der Waals surface area contributed by atoms with Gasteiger partial charge in [-0.15, -0.1) is 0 Å². The lowest BCUT2D eigenvalue weighted by Gasteiger charge is -2.41. The van der Waals surface area contributed by atoms with Crippen LogP contribution in [0.3, 0.4) is 0 Å². The van der Waals surface area contributed by atoms with E-state index in [9.17, 15) is 4.79 Å². The lowest BCUT2D eigenvalue weighted by molar-refractivity contribution is 0.0456. The molecule has 1 aromatic carbocycles. The van der Waals surface area contributed by atoms with Crippen molar-refractivity contribution in [2.24, 2.45) is 7.05 Å². The summed E-state index contributed by atoms with van der Waals surface area (Å²) in [7, 11) is 3.43. The largest absolute Gasteiger partial charge is 0.378 e.